The molecule has 0 radical (unpaired) electrons. The Kier molecular flexibility index (Phi) is 7.26. The summed E-state index contributed by atoms with van der Waals surface area (Å²) < 4.78 is 9.99. The first-order valence-corrected chi connectivity index (χ1v) is 9.90. The highest BCUT2D eigenvalue weighted by Crippen LogP contribution is 2.15. The van der Waals surface area contributed by atoms with E-state index in [9.17, 15) is 14.4 Å². The lowest BCUT2D eigenvalue weighted by Crippen LogP contribution is -2.47. The van der Waals surface area contributed by atoms with Gasteiger partial charge in [0.15, 0.2) is 5.76 Å². The molecule has 1 aliphatic heterocycles. The van der Waals surface area contributed by atoms with Gasteiger partial charge in [0.25, 0.3) is 5.91 Å². The second-order valence-corrected chi connectivity index (χ2v) is 6.85. The molecule has 3 amide bonds. The number of rotatable bonds is 6. The second-order valence-electron chi connectivity index (χ2n) is 6.85. The Morgan fingerprint density at radius 3 is 2.53 bits per heavy atom. The van der Waals surface area contributed by atoms with Crippen LogP contribution in [-0.2, 0) is 9.53 Å². The number of furan rings is 1. The van der Waals surface area contributed by atoms with Gasteiger partial charge in [0.05, 0.1) is 12.9 Å². The molecule has 1 aromatic carbocycles. The van der Waals surface area contributed by atoms with Crippen LogP contribution in [0.2, 0.25) is 0 Å². The molecule has 2 aromatic rings. The Bertz CT molecular complexity index is 882. The monoisotopic (exact) mass is 411 g/mol. The molecule has 0 spiro atoms. The molecule has 3 rings (SSSR count). The van der Waals surface area contributed by atoms with Gasteiger partial charge in [0.2, 0.25) is 0 Å². The standard InChI is InChI=1S/C22H25N3O5/c1-2-29-20(26)10-7-16-5-8-17(9-6-16)23-22(28)24-18-11-13-25(14-12-18)21(27)19-4-3-15-30-19/h3-10,15,18H,2,11-14H2,1H3,(H2,23,24,28). The minimum absolute atomic E-state index is 0.00237. The van der Waals surface area contributed by atoms with Crippen molar-refractivity contribution in [3.8, 4) is 0 Å². The highest BCUT2D eigenvalue weighted by molar-refractivity contribution is 5.92. The third-order valence-corrected chi connectivity index (χ3v) is 4.72. The number of piperidine rings is 1. The summed E-state index contributed by atoms with van der Waals surface area (Å²) in [6.07, 6.45) is 5.85. The maximum absolute atomic E-state index is 12.3. The lowest BCUT2D eigenvalue weighted by Gasteiger charge is -2.31. The average Bonchev–Trinajstić information content (AvgIpc) is 3.28. The molecule has 2 heterocycles. The quantitative estimate of drug-likeness (QED) is 0.561. The number of hydrogen-bond donors (Lipinski definition) is 2. The number of esters is 1. The van der Waals surface area contributed by atoms with E-state index in [0.717, 1.165) is 5.56 Å². The van der Waals surface area contributed by atoms with Gasteiger partial charge >= 0.3 is 12.0 Å². The fraction of sp³-hybridized carbons (Fsp3) is 0.318. The summed E-state index contributed by atoms with van der Waals surface area (Å²) in [6, 6.07) is 10.2. The fourth-order valence-electron chi connectivity index (χ4n) is 3.17. The number of likely N-dealkylation sites (tertiary alicyclic amines) is 1. The van der Waals surface area contributed by atoms with Gasteiger partial charge in [-0.3, -0.25) is 4.79 Å². The summed E-state index contributed by atoms with van der Waals surface area (Å²) in [5.41, 5.74) is 1.47. The second kappa shape index (κ2) is 10.3. The van der Waals surface area contributed by atoms with Crippen molar-refractivity contribution < 1.29 is 23.5 Å². The van der Waals surface area contributed by atoms with Gasteiger partial charge in [-0.25, -0.2) is 9.59 Å². The summed E-state index contributed by atoms with van der Waals surface area (Å²) in [7, 11) is 0. The Hall–Kier alpha value is -3.55. The molecule has 0 aliphatic carbocycles. The molecule has 8 heteroatoms. The number of carbonyl (C=O) groups is 3. The summed E-state index contributed by atoms with van der Waals surface area (Å²) in [6.45, 7) is 3.21. The van der Waals surface area contributed by atoms with Crippen molar-refractivity contribution in [2.75, 3.05) is 25.0 Å². The third kappa shape index (κ3) is 5.97. The number of carbonyl (C=O) groups excluding carboxylic acids is 3. The van der Waals surface area contributed by atoms with E-state index in [1.165, 1.54) is 12.3 Å². The number of benzene rings is 1. The van der Waals surface area contributed by atoms with Crippen molar-refractivity contribution in [2.45, 2.75) is 25.8 Å². The molecular weight excluding hydrogens is 386 g/mol. The third-order valence-electron chi connectivity index (χ3n) is 4.72. The van der Waals surface area contributed by atoms with Crippen molar-refractivity contribution in [2.24, 2.45) is 0 Å². The number of nitrogens with zero attached hydrogens (tertiary/aromatic N) is 1. The summed E-state index contributed by atoms with van der Waals surface area (Å²) in [4.78, 5) is 37.6. The maximum atomic E-state index is 12.3. The predicted molar refractivity (Wildman–Crippen MR) is 112 cm³/mol. The summed E-state index contributed by atoms with van der Waals surface area (Å²) in [5, 5.41) is 5.74. The number of anilines is 1. The Balaban J connectivity index is 1.42. The van der Waals surface area contributed by atoms with E-state index in [0.29, 0.717) is 44.0 Å². The van der Waals surface area contributed by atoms with Gasteiger partial charge < -0.3 is 24.7 Å². The van der Waals surface area contributed by atoms with Crippen molar-refractivity contribution >= 4 is 29.7 Å². The van der Waals surface area contributed by atoms with Crippen molar-refractivity contribution in [3.05, 3.63) is 60.1 Å². The van der Waals surface area contributed by atoms with Crippen LogP contribution in [0.15, 0.2) is 53.2 Å². The van der Waals surface area contributed by atoms with Crippen molar-refractivity contribution in [3.63, 3.8) is 0 Å². The first-order valence-electron chi connectivity index (χ1n) is 9.90. The van der Waals surface area contributed by atoms with Crippen LogP contribution in [0, 0.1) is 0 Å². The zero-order chi connectivity index (χ0) is 21.3. The molecule has 1 saturated heterocycles. The Morgan fingerprint density at radius 1 is 1.17 bits per heavy atom. The first-order chi connectivity index (χ1) is 14.5. The Morgan fingerprint density at radius 2 is 1.90 bits per heavy atom. The summed E-state index contributed by atoms with van der Waals surface area (Å²) >= 11 is 0. The number of hydrogen-bond acceptors (Lipinski definition) is 5. The molecule has 0 unspecified atom stereocenters. The summed E-state index contributed by atoms with van der Waals surface area (Å²) in [5.74, 6) is -0.185. The largest absolute Gasteiger partial charge is 0.463 e. The first kappa shape index (κ1) is 21.2. The van der Waals surface area contributed by atoms with E-state index in [-0.39, 0.29) is 18.0 Å². The topological polar surface area (TPSA) is 101 Å². The van der Waals surface area contributed by atoms with Crippen LogP contribution in [0.4, 0.5) is 10.5 Å². The van der Waals surface area contributed by atoms with E-state index in [1.54, 1.807) is 54.3 Å². The molecule has 8 nitrogen and oxygen atoms in total. The van der Waals surface area contributed by atoms with Gasteiger partial charge in [-0.2, -0.15) is 0 Å². The number of nitrogens with one attached hydrogen (secondary N) is 2. The van der Waals surface area contributed by atoms with Crippen molar-refractivity contribution in [1.29, 1.82) is 0 Å². The van der Waals surface area contributed by atoms with Crippen LogP contribution in [0.5, 0.6) is 0 Å². The highest BCUT2D eigenvalue weighted by atomic mass is 16.5. The minimum atomic E-state index is -0.393. The molecule has 0 saturated carbocycles. The molecule has 1 aromatic heterocycles. The van der Waals surface area contributed by atoms with Crippen LogP contribution in [0.1, 0.15) is 35.9 Å². The molecular formula is C22H25N3O5. The predicted octanol–water partition coefficient (Wildman–Crippen LogP) is 3.28. The van der Waals surface area contributed by atoms with E-state index in [1.807, 2.05) is 0 Å². The Labute approximate surface area is 174 Å². The van der Waals surface area contributed by atoms with Crippen LogP contribution in [0.25, 0.3) is 6.08 Å². The van der Waals surface area contributed by atoms with Crippen LogP contribution < -0.4 is 10.6 Å². The van der Waals surface area contributed by atoms with Gasteiger partial charge in [0.1, 0.15) is 0 Å². The van der Waals surface area contributed by atoms with E-state index >= 15 is 0 Å². The molecule has 158 valence electrons. The van der Waals surface area contributed by atoms with Crippen LogP contribution in [-0.4, -0.2) is 48.5 Å². The molecule has 30 heavy (non-hydrogen) atoms. The normalized spacial score (nSPS) is 14.5. The van der Waals surface area contributed by atoms with Gasteiger partial charge in [0, 0.05) is 30.9 Å². The van der Waals surface area contributed by atoms with Gasteiger partial charge in [-0.15, -0.1) is 0 Å². The van der Waals surface area contributed by atoms with E-state index in [4.69, 9.17) is 9.15 Å². The lowest BCUT2D eigenvalue weighted by molar-refractivity contribution is -0.137. The molecule has 2 N–H and O–H groups in total. The van der Waals surface area contributed by atoms with E-state index in [2.05, 4.69) is 10.6 Å². The zero-order valence-corrected chi connectivity index (χ0v) is 16.8. The SMILES string of the molecule is CCOC(=O)C=Cc1ccc(NC(=O)NC2CCN(C(=O)c3ccco3)CC2)cc1. The lowest BCUT2D eigenvalue weighted by atomic mass is 10.0. The number of amides is 3. The van der Waals surface area contributed by atoms with Crippen molar-refractivity contribution in [1.82, 2.24) is 10.2 Å². The van der Waals surface area contributed by atoms with E-state index < -0.39 is 5.97 Å². The molecule has 1 fully saturated rings. The van der Waals surface area contributed by atoms with Crippen LogP contribution in [0.3, 0.4) is 0 Å². The molecule has 0 bridgehead atoms. The maximum Gasteiger partial charge on any atom is 0.330 e. The number of ether oxygens (including phenoxy) is 1. The average molecular weight is 411 g/mol. The minimum Gasteiger partial charge on any atom is -0.463 e. The van der Waals surface area contributed by atoms with Gasteiger partial charge in [-0.05, 0) is 55.7 Å². The smallest absolute Gasteiger partial charge is 0.330 e. The van der Waals surface area contributed by atoms with Gasteiger partial charge in [-0.1, -0.05) is 12.1 Å². The fourth-order valence-corrected chi connectivity index (χ4v) is 3.17. The zero-order valence-electron chi connectivity index (χ0n) is 16.8. The highest BCUT2D eigenvalue weighted by Gasteiger charge is 2.25. The molecule has 0 atom stereocenters. The number of urea groups is 1. The van der Waals surface area contributed by atoms with Crippen LogP contribution >= 0.6 is 0 Å². The molecule has 1 aliphatic rings.